The molecule has 0 radical (unpaired) electrons. The maximum Gasteiger partial charge on any atom is 0.251 e. The number of carbonyl (C=O) groups is 2. The lowest BCUT2D eigenvalue weighted by Crippen LogP contribution is -2.47. The fourth-order valence-electron chi connectivity index (χ4n) is 2.53. The zero-order valence-corrected chi connectivity index (χ0v) is 16.5. The van der Waals surface area contributed by atoms with Crippen LogP contribution in [0.2, 0.25) is 0 Å². The Hall–Kier alpha value is -2.14. The van der Waals surface area contributed by atoms with Gasteiger partial charge in [-0.05, 0) is 55.7 Å². The van der Waals surface area contributed by atoms with Crippen molar-refractivity contribution in [1.82, 2.24) is 5.32 Å². The molecule has 0 aromatic heterocycles. The number of hydrogen-bond donors (Lipinski definition) is 2. The van der Waals surface area contributed by atoms with Gasteiger partial charge in [0.25, 0.3) is 5.91 Å². The molecule has 0 spiro atoms. The largest absolute Gasteiger partial charge is 0.340 e. The summed E-state index contributed by atoms with van der Waals surface area (Å²) in [5, 5.41) is 5.76. The third-order valence-electron chi connectivity index (χ3n) is 3.98. The summed E-state index contributed by atoms with van der Waals surface area (Å²) in [7, 11) is 0. The molecule has 0 aliphatic heterocycles. The van der Waals surface area contributed by atoms with Gasteiger partial charge in [0.15, 0.2) is 0 Å². The van der Waals surface area contributed by atoms with Crippen LogP contribution < -0.4 is 10.6 Å². The van der Waals surface area contributed by atoms with E-state index >= 15 is 0 Å². The van der Waals surface area contributed by atoms with Crippen LogP contribution >= 0.6 is 15.9 Å². The SMILES string of the molecule is Cc1ccc(NC(=O)C(NC(=O)c2ccc(Br)cc2)C(C)C)c(C)c1. The molecule has 0 saturated heterocycles. The van der Waals surface area contributed by atoms with Gasteiger partial charge in [-0.2, -0.15) is 0 Å². The predicted molar refractivity (Wildman–Crippen MR) is 105 cm³/mol. The van der Waals surface area contributed by atoms with E-state index in [1.165, 1.54) is 0 Å². The van der Waals surface area contributed by atoms with Crippen molar-refractivity contribution in [2.24, 2.45) is 5.92 Å². The Morgan fingerprint density at radius 3 is 2.20 bits per heavy atom. The van der Waals surface area contributed by atoms with Crippen LogP contribution in [0.1, 0.15) is 35.3 Å². The first-order valence-electron chi connectivity index (χ1n) is 8.22. The maximum atomic E-state index is 12.7. The predicted octanol–water partition coefficient (Wildman–Crippen LogP) is 4.46. The van der Waals surface area contributed by atoms with Crippen LogP contribution in [0.3, 0.4) is 0 Å². The molecular weight excluding hydrogens is 380 g/mol. The van der Waals surface area contributed by atoms with Crippen LogP contribution in [-0.2, 0) is 4.79 Å². The average Bonchev–Trinajstić information content (AvgIpc) is 2.55. The van der Waals surface area contributed by atoms with Gasteiger partial charge in [0.2, 0.25) is 5.91 Å². The standard InChI is InChI=1S/C20H23BrN2O2/c1-12(2)18(23-19(24)15-6-8-16(21)9-7-15)20(25)22-17-10-5-13(3)11-14(17)4/h5-12,18H,1-4H3,(H,22,25)(H,23,24). The fourth-order valence-corrected chi connectivity index (χ4v) is 2.79. The molecule has 2 N–H and O–H groups in total. The molecule has 5 heteroatoms. The molecule has 0 saturated carbocycles. The van der Waals surface area contributed by atoms with Crippen LogP contribution in [0.25, 0.3) is 0 Å². The third-order valence-corrected chi connectivity index (χ3v) is 4.51. The second kappa shape index (κ2) is 8.30. The van der Waals surface area contributed by atoms with E-state index in [0.29, 0.717) is 5.56 Å². The molecule has 0 aliphatic rings. The van der Waals surface area contributed by atoms with Crippen LogP contribution in [0.5, 0.6) is 0 Å². The highest BCUT2D eigenvalue weighted by atomic mass is 79.9. The Balaban J connectivity index is 2.12. The zero-order valence-electron chi connectivity index (χ0n) is 14.9. The average molecular weight is 403 g/mol. The molecule has 2 rings (SSSR count). The number of rotatable bonds is 5. The van der Waals surface area contributed by atoms with Gasteiger partial charge in [-0.25, -0.2) is 0 Å². The van der Waals surface area contributed by atoms with Crippen molar-refractivity contribution in [3.8, 4) is 0 Å². The molecule has 25 heavy (non-hydrogen) atoms. The molecule has 0 heterocycles. The van der Waals surface area contributed by atoms with Crippen LogP contribution in [0, 0.1) is 19.8 Å². The molecule has 0 bridgehead atoms. The van der Waals surface area contributed by atoms with Crippen LogP contribution in [0.15, 0.2) is 46.9 Å². The minimum absolute atomic E-state index is 0.0369. The number of amides is 2. The van der Waals surface area contributed by atoms with Crippen molar-refractivity contribution in [1.29, 1.82) is 0 Å². The third kappa shape index (κ3) is 5.16. The van der Waals surface area contributed by atoms with E-state index in [0.717, 1.165) is 21.3 Å². The molecule has 1 unspecified atom stereocenters. The van der Waals surface area contributed by atoms with Gasteiger partial charge in [0.05, 0.1) is 0 Å². The van der Waals surface area contributed by atoms with Crippen molar-refractivity contribution in [2.75, 3.05) is 5.32 Å². The van der Waals surface area contributed by atoms with Crippen molar-refractivity contribution < 1.29 is 9.59 Å². The summed E-state index contributed by atoms with van der Waals surface area (Å²) in [6.45, 7) is 7.78. The molecule has 2 amide bonds. The lowest BCUT2D eigenvalue weighted by molar-refractivity contribution is -0.118. The highest BCUT2D eigenvalue weighted by Crippen LogP contribution is 2.17. The smallest absolute Gasteiger partial charge is 0.251 e. The first-order chi connectivity index (χ1) is 11.8. The van der Waals surface area contributed by atoms with Gasteiger partial charge >= 0.3 is 0 Å². The second-order valence-corrected chi connectivity index (χ2v) is 7.43. The monoisotopic (exact) mass is 402 g/mol. The number of carbonyl (C=O) groups excluding carboxylic acids is 2. The Morgan fingerprint density at radius 1 is 1.00 bits per heavy atom. The van der Waals surface area contributed by atoms with Crippen molar-refractivity contribution in [3.63, 3.8) is 0 Å². The first-order valence-corrected chi connectivity index (χ1v) is 9.02. The fraction of sp³-hybridized carbons (Fsp3) is 0.300. The Kier molecular flexibility index (Phi) is 6.37. The van der Waals surface area contributed by atoms with E-state index in [-0.39, 0.29) is 17.7 Å². The molecule has 132 valence electrons. The molecule has 2 aromatic rings. The Bertz CT molecular complexity index is 770. The molecule has 1 atom stereocenters. The summed E-state index contributed by atoms with van der Waals surface area (Å²) in [5.74, 6) is -0.514. The zero-order chi connectivity index (χ0) is 18.6. The topological polar surface area (TPSA) is 58.2 Å². The maximum absolute atomic E-state index is 12.7. The highest BCUT2D eigenvalue weighted by molar-refractivity contribution is 9.10. The van der Waals surface area contributed by atoms with Crippen molar-refractivity contribution in [2.45, 2.75) is 33.7 Å². The number of anilines is 1. The Labute approximate surface area is 157 Å². The van der Waals surface area contributed by atoms with Crippen molar-refractivity contribution >= 4 is 33.4 Å². The van der Waals surface area contributed by atoms with Gasteiger partial charge in [0, 0.05) is 15.7 Å². The minimum atomic E-state index is -0.614. The molecule has 0 fully saturated rings. The van der Waals surface area contributed by atoms with E-state index in [9.17, 15) is 9.59 Å². The van der Waals surface area contributed by atoms with E-state index in [1.54, 1.807) is 24.3 Å². The van der Waals surface area contributed by atoms with Gasteiger partial charge in [-0.3, -0.25) is 9.59 Å². The summed E-state index contributed by atoms with van der Waals surface area (Å²) in [6, 6.07) is 12.3. The second-order valence-electron chi connectivity index (χ2n) is 6.51. The molecular formula is C20H23BrN2O2. The summed E-state index contributed by atoms with van der Waals surface area (Å²) in [5.41, 5.74) is 3.42. The summed E-state index contributed by atoms with van der Waals surface area (Å²) < 4.78 is 0.900. The summed E-state index contributed by atoms with van der Waals surface area (Å²) in [6.07, 6.45) is 0. The normalized spacial score (nSPS) is 11.9. The number of halogens is 1. The quantitative estimate of drug-likeness (QED) is 0.775. The number of benzene rings is 2. The summed E-state index contributed by atoms with van der Waals surface area (Å²) >= 11 is 3.34. The number of hydrogen-bond acceptors (Lipinski definition) is 2. The van der Waals surface area contributed by atoms with Crippen molar-refractivity contribution in [3.05, 3.63) is 63.6 Å². The molecule has 4 nitrogen and oxygen atoms in total. The lowest BCUT2D eigenvalue weighted by Gasteiger charge is -2.22. The summed E-state index contributed by atoms with van der Waals surface area (Å²) in [4.78, 5) is 25.1. The van der Waals surface area contributed by atoms with Crippen LogP contribution in [0.4, 0.5) is 5.69 Å². The number of aryl methyl sites for hydroxylation is 2. The van der Waals surface area contributed by atoms with Gasteiger partial charge in [-0.15, -0.1) is 0 Å². The van der Waals surface area contributed by atoms with Gasteiger partial charge in [0.1, 0.15) is 6.04 Å². The van der Waals surface area contributed by atoms with E-state index in [1.807, 2.05) is 45.9 Å². The molecule has 0 aliphatic carbocycles. The number of nitrogens with one attached hydrogen (secondary N) is 2. The van der Waals surface area contributed by atoms with E-state index in [2.05, 4.69) is 26.6 Å². The van der Waals surface area contributed by atoms with E-state index < -0.39 is 6.04 Å². The van der Waals surface area contributed by atoms with Gasteiger partial charge < -0.3 is 10.6 Å². The highest BCUT2D eigenvalue weighted by Gasteiger charge is 2.25. The van der Waals surface area contributed by atoms with E-state index in [4.69, 9.17) is 0 Å². The minimum Gasteiger partial charge on any atom is -0.340 e. The lowest BCUT2D eigenvalue weighted by atomic mass is 10.0. The van der Waals surface area contributed by atoms with Gasteiger partial charge in [-0.1, -0.05) is 47.5 Å². The molecule has 2 aromatic carbocycles. The Morgan fingerprint density at radius 2 is 1.64 bits per heavy atom. The van der Waals surface area contributed by atoms with Crippen LogP contribution in [-0.4, -0.2) is 17.9 Å². The first kappa shape index (κ1) is 19.2.